The Morgan fingerprint density at radius 1 is 0.808 bits per heavy atom. The van der Waals surface area contributed by atoms with Crippen molar-refractivity contribution in [2.24, 2.45) is 11.8 Å². The summed E-state index contributed by atoms with van der Waals surface area (Å²) in [5, 5.41) is 14.6. The van der Waals surface area contributed by atoms with Gasteiger partial charge in [-0.1, -0.05) is 52.0 Å². The van der Waals surface area contributed by atoms with Crippen molar-refractivity contribution >= 4 is 18.1 Å². The van der Waals surface area contributed by atoms with Gasteiger partial charge in [-0.05, 0) is 49.6 Å². The third kappa shape index (κ3) is 8.09. The summed E-state index contributed by atoms with van der Waals surface area (Å²) in [5.74, 6) is 2.08. The van der Waals surface area contributed by atoms with E-state index in [1.165, 1.54) is 7.11 Å². The summed E-state index contributed by atoms with van der Waals surface area (Å²) in [4.78, 5) is 66.3. The lowest BCUT2D eigenvalue weighted by molar-refractivity contribution is -0.135. The topological polar surface area (TPSA) is 194 Å². The Bertz CT molecular complexity index is 1840. The van der Waals surface area contributed by atoms with Crippen molar-refractivity contribution in [1.29, 1.82) is 0 Å². The van der Waals surface area contributed by atoms with Crippen LogP contribution in [0.2, 0.25) is 0 Å². The maximum absolute atomic E-state index is 13.5. The van der Waals surface area contributed by atoms with Gasteiger partial charge in [-0.3, -0.25) is 9.69 Å². The third-order valence-corrected chi connectivity index (χ3v) is 10.1. The number of benzene rings is 1. The highest BCUT2D eigenvalue weighted by Gasteiger charge is 2.37. The largest absolute Gasteiger partial charge is 0.465 e. The summed E-state index contributed by atoms with van der Waals surface area (Å²) in [6.45, 7) is 9.95. The van der Waals surface area contributed by atoms with Crippen molar-refractivity contribution in [3.05, 3.63) is 60.7 Å². The number of amides is 3. The molecule has 15 nitrogen and oxygen atoms in total. The molecule has 3 aromatic heterocycles. The van der Waals surface area contributed by atoms with E-state index in [2.05, 4.69) is 45.4 Å². The first-order valence-electron chi connectivity index (χ1n) is 17.9. The summed E-state index contributed by atoms with van der Waals surface area (Å²) >= 11 is 0. The van der Waals surface area contributed by atoms with Crippen LogP contribution in [0.1, 0.15) is 77.1 Å². The maximum atomic E-state index is 13.5. The second kappa shape index (κ2) is 15.9. The average molecular weight is 713 g/mol. The van der Waals surface area contributed by atoms with Crippen LogP contribution in [-0.2, 0) is 9.53 Å². The summed E-state index contributed by atoms with van der Waals surface area (Å²) in [6, 6.07) is 6.92. The number of imidazole rings is 2. The van der Waals surface area contributed by atoms with E-state index in [0.29, 0.717) is 24.7 Å². The average Bonchev–Trinajstić information content (AvgIpc) is 3.97. The number of carboxylic acid groups (broad SMARTS) is 1. The van der Waals surface area contributed by atoms with Gasteiger partial charge >= 0.3 is 12.2 Å². The lowest BCUT2D eigenvalue weighted by Crippen LogP contribution is -2.51. The molecule has 2 aliphatic heterocycles. The first-order chi connectivity index (χ1) is 25.0. The first kappa shape index (κ1) is 36.5. The maximum Gasteiger partial charge on any atom is 0.407 e. The molecule has 4 atom stereocenters. The molecule has 0 bridgehead atoms. The molecule has 1 aromatic carbocycles. The Morgan fingerprint density at radius 2 is 1.40 bits per heavy atom. The lowest BCUT2D eigenvalue weighted by atomic mass is 10.0. The summed E-state index contributed by atoms with van der Waals surface area (Å²) in [5.41, 5.74) is 4.28. The second-order valence-corrected chi connectivity index (χ2v) is 14.2. The zero-order valence-corrected chi connectivity index (χ0v) is 30.3. The molecule has 0 spiro atoms. The Morgan fingerprint density at radius 3 is 2.02 bits per heavy atom. The van der Waals surface area contributed by atoms with E-state index in [9.17, 15) is 19.5 Å². The molecule has 3 amide bonds. The van der Waals surface area contributed by atoms with Gasteiger partial charge in [0.1, 0.15) is 17.7 Å². The number of carbonyl (C=O) groups excluding carboxylic acids is 2. The number of alkyl carbamates (subject to hydrolysis) is 1. The van der Waals surface area contributed by atoms with E-state index >= 15 is 0 Å². The standard InChI is InChI=1S/C37H48N10O5/c1-21(2)28(44-36(49)50)20-46-14-6-8-29(46)33-40-19-27(43-33)25-16-38-32(39-17-25)24-12-10-23(11-13-24)26-18-41-34(42-26)30-9-7-15-47(30)35(48)31(22(3)4)45-37(51)52-5/h10-13,16-19,21-22,28-31,44H,6-9,14-15,20H2,1-5H3,(H,40,43)(H,41,42)(H,45,51)(H,49,50)/t28-,29+,30+,31+/m1/s1. The fourth-order valence-electron chi connectivity index (χ4n) is 7.10. The molecule has 0 unspecified atom stereocenters. The van der Waals surface area contributed by atoms with Gasteiger partial charge < -0.3 is 35.3 Å². The number of aromatic amines is 2. The highest BCUT2D eigenvalue weighted by Crippen LogP contribution is 2.34. The summed E-state index contributed by atoms with van der Waals surface area (Å²) in [6.07, 6.45) is 9.11. The monoisotopic (exact) mass is 712 g/mol. The number of likely N-dealkylation sites (tertiary alicyclic amines) is 2. The molecule has 15 heteroatoms. The summed E-state index contributed by atoms with van der Waals surface area (Å²) in [7, 11) is 1.29. The lowest BCUT2D eigenvalue weighted by Gasteiger charge is -2.30. The molecule has 5 N–H and O–H groups in total. The Balaban J connectivity index is 1.10. The predicted molar refractivity (Wildman–Crippen MR) is 194 cm³/mol. The van der Waals surface area contributed by atoms with E-state index in [1.807, 2.05) is 52.0 Å². The molecule has 4 aromatic rings. The van der Waals surface area contributed by atoms with Crippen molar-refractivity contribution in [2.45, 2.75) is 77.5 Å². The second-order valence-electron chi connectivity index (χ2n) is 14.2. The van der Waals surface area contributed by atoms with Crippen molar-refractivity contribution in [3.63, 3.8) is 0 Å². The number of nitrogens with one attached hydrogen (secondary N) is 4. The molecule has 2 saturated heterocycles. The van der Waals surface area contributed by atoms with Crippen LogP contribution in [0.25, 0.3) is 33.9 Å². The van der Waals surface area contributed by atoms with Gasteiger partial charge in [-0.2, -0.15) is 0 Å². The van der Waals surface area contributed by atoms with Crippen LogP contribution < -0.4 is 10.6 Å². The van der Waals surface area contributed by atoms with Gasteiger partial charge in [-0.15, -0.1) is 0 Å². The quantitative estimate of drug-likeness (QED) is 0.127. The Labute approximate surface area is 303 Å². The van der Waals surface area contributed by atoms with Gasteiger partial charge in [0, 0.05) is 42.7 Å². The van der Waals surface area contributed by atoms with E-state index < -0.39 is 18.2 Å². The molecule has 0 radical (unpaired) electrons. The fraction of sp³-hybridized carbons (Fsp3) is 0.486. The number of rotatable bonds is 12. The number of ether oxygens (including phenoxy) is 1. The number of hydrogen-bond acceptors (Lipinski definition) is 9. The van der Waals surface area contributed by atoms with Gasteiger partial charge in [0.05, 0.1) is 43.0 Å². The van der Waals surface area contributed by atoms with Crippen LogP contribution in [0.4, 0.5) is 9.59 Å². The molecule has 0 aliphatic carbocycles. The molecular formula is C37H48N10O5. The van der Waals surface area contributed by atoms with Crippen molar-refractivity contribution in [3.8, 4) is 33.9 Å². The minimum Gasteiger partial charge on any atom is -0.465 e. The fourth-order valence-corrected chi connectivity index (χ4v) is 7.10. The number of H-pyrrole nitrogens is 2. The Hall–Kier alpha value is -5.31. The molecule has 6 rings (SSSR count). The Kier molecular flexibility index (Phi) is 11.2. The van der Waals surface area contributed by atoms with E-state index in [0.717, 1.165) is 66.1 Å². The van der Waals surface area contributed by atoms with Crippen molar-refractivity contribution in [2.75, 3.05) is 26.7 Å². The zero-order chi connectivity index (χ0) is 36.9. The minimum absolute atomic E-state index is 0.0856. The van der Waals surface area contributed by atoms with Gasteiger partial charge in [-0.25, -0.2) is 29.5 Å². The SMILES string of the molecule is COC(=O)N[C@H](C(=O)N1CCC[C@H]1c1ncc(-c2ccc(-c3ncc(-c4cnc([C@@H]5CCCN5C[C@@H](NC(=O)O)C(C)C)[nH]4)cn3)cc2)[nH]1)C(C)C. The van der Waals surface area contributed by atoms with Gasteiger partial charge in [0.15, 0.2) is 5.82 Å². The van der Waals surface area contributed by atoms with Crippen molar-refractivity contribution in [1.82, 2.24) is 50.3 Å². The molecule has 276 valence electrons. The number of nitrogens with zero attached hydrogens (tertiary/aromatic N) is 6. The number of hydrogen-bond donors (Lipinski definition) is 5. The van der Waals surface area contributed by atoms with Crippen LogP contribution in [0, 0.1) is 11.8 Å². The van der Waals surface area contributed by atoms with Crippen LogP contribution in [0.15, 0.2) is 49.1 Å². The molecule has 2 fully saturated rings. The number of aromatic nitrogens is 6. The van der Waals surface area contributed by atoms with E-state index in [4.69, 9.17) is 4.74 Å². The van der Waals surface area contributed by atoms with Crippen molar-refractivity contribution < 1.29 is 24.2 Å². The van der Waals surface area contributed by atoms with Crippen LogP contribution >= 0.6 is 0 Å². The van der Waals surface area contributed by atoms with E-state index in [1.54, 1.807) is 29.7 Å². The molecule has 52 heavy (non-hydrogen) atoms. The van der Waals surface area contributed by atoms with Crippen LogP contribution in [-0.4, -0.2) is 102 Å². The van der Waals surface area contributed by atoms with Crippen LogP contribution in [0.5, 0.6) is 0 Å². The zero-order valence-electron chi connectivity index (χ0n) is 30.3. The third-order valence-electron chi connectivity index (χ3n) is 10.1. The highest BCUT2D eigenvalue weighted by atomic mass is 16.5. The van der Waals surface area contributed by atoms with Gasteiger partial charge in [0.25, 0.3) is 0 Å². The van der Waals surface area contributed by atoms with E-state index in [-0.39, 0.29) is 35.9 Å². The normalized spacial score (nSPS) is 18.9. The highest BCUT2D eigenvalue weighted by molar-refractivity contribution is 5.86. The molecule has 0 saturated carbocycles. The molecule has 5 heterocycles. The molecule has 2 aliphatic rings. The van der Waals surface area contributed by atoms with Crippen LogP contribution in [0.3, 0.4) is 0 Å². The predicted octanol–water partition coefficient (Wildman–Crippen LogP) is 5.40. The summed E-state index contributed by atoms with van der Waals surface area (Å²) < 4.78 is 4.74. The number of carbonyl (C=O) groups is 3. The minimum atomic E-state index is -1.00. The first-order valence-corrected chi connectivity index (χ1v) is 17.9. The smallest absolute Gasteiger partial charge is 0.407 e. The molecular weight excluding hydrogens is 664 g/mol. The number of methoxy groups -OCH3 is 1. The van der Waals surface area contributed by atoms with Gasteiger partial charge in [0.2, 0.25) is 5.91 Å².